The molecule has 0 aliphatic carbocycles. The summed E-state index contributed by atoms with van der Waals surface area (Å²) in [5.74, 6) is 0.908. The molecule has 6 rings (SSSR count). The Hall–Kier alpha value is -3.51. The van der Waals surface area contributed by atoms with Crippen LogP contribution < -0.4 is 9.47 Å². The van der Waals surface area contributed by atoms with Crippen molar-refractivity contribution in [2.45, 2.75) is 5.66 Å². The number of carbonyl (C=O) groups excluding carboxylic acids is 2. The van der Waals surface area contributed by atoms with Gasteiger partial charge in [0.25, 0.3) is 11.8 Å². The van der Waals surface area contributed by atoms with Crippen molar-refractivity contribution in [3.63, 3.8) is 0 Å². The van der Waals surface area contributed by atoms with E-state index in [0.717, 1.165) is 11.1 Å². The number of benzene rings is 3. The lowest BCUT2D eigenvalue weighted by atomic mass is 9.89. The molecule has 0 saturated carbocycles. The summed E-state index contributed by atoms with van der Waals surface area (Å²) in [4.78, 5) is 30.7. The van der Waals surface area contributed by atoms with E-state index in [1.165, 1.54) is 0 Å². The van der Waals surface area contributed by atoms with Crippen molar-refractivity contribution in [1.29, 1.82) is 0 Å². The third-order valence-corrected chi connectivity index (χ3v) is 6.47. The summed E-state index contributed by atoms with van der Waals surface area (Å²) in [6, 6.07) is 20.0. The molecule has 3 aromatic carbocycles. The molecule has 0 aromatic heterocycles. The Morgan fingerprint density at radius 1 is 0.935 bits per heavy atom. The van der Waals surface area contributed by atoms with E-state index in [9.17, 15) is 9.59 Å². The number of rotatable bonds is 2. The van der Waals surface area contributed by atoms with E-state index < -0.39 is 5.66 Å². The molecule has 3 aromatic rings. The fourth-order valence-corrected chi connectivity index (χ4v) is 5.04. The van der Waals surface area contributed by atoms with Gasteiger partial charge in [-0.15, -0.1) is 0 Å². The average Bonchev–Trinajstić information content (AvgIpc) is 3.48. The lowest BCUT2D eigenvalue weighted by Gasteiger charge is -2.40. The standard InChI is InChI=1S/C24H17ClN2O4/c25-17-8-6-16(7-9-17)24-19-4-2-1-3-18(19)23(29)27(24)12-11-26(24)22(28)15-5-10-20-21(13-15)31-14-30-20/h1-10,13H,11-12,14H2. The van der Waals surface area contributed by atoms with Gasteiger partial charge in [0.1, 0.15) is 0 Å². The molecule has 31 heavy (non-hydrogen) atoms. The molecule has 0 N–H and O–H groups in total. The molecule has 1 atom stereocenters. The molecule has 1 fully saturated rings. The Morgan fingerprint density at radius 3 is 2.55 bits per heavy atom. The number of hydrogen-bond acceptors (Lipinski definition) is 4. The molecule has 0 radical (unpaired) electrons. The van der Waals surface area contributed by atoms with Crippen LogP contribution in [0.15, 0.2) is 66.7 Å². The third-order valence-electron chi connectivity index (χ3n) is 6.22. The van der Waals surface area contributed by atoms with Crippen LogP contribution in [-0.4, -0.2) is 41.5 Å². The first-order chi connectivity index (χ1) is 15.1. The van der Waals surface area contributed by atoms with Gasteiger partial charge in [-0.05, 0) is 36.4 Å². The number of halogens is 1. The third kappa shape index (κ3) is 2.39. The topological polar surface area (TPSA) is 59.1 Å². The fourth-order valence-electron chi connectivity index (χ4n) is 4.91. The molecule has 6 nitrogen and oxygen atoms in total. The van der Waals surface area contributed by atoms with Crippen molar-refractivity contribution in [2.75, 3.05) is 19.9 Å². The lowest BCUT2D eigenvalue weighted by molar-refractivity contribution is 0.0375. The number of hydrogen-bond donors (Lipinski definition) is 0. The molecule has 154 valence electrons. The van der Waals surface area contributed by atoms with Crippen LogP contribution in [0, 0.1) is 0 Å². The lowest BCUT2D eigenvalue weighted by Crippen LogP contribution is -2.51. The van der Waals surface area contributed by atoms with Gasteiger partial charge in [0.2, 0.25) is 6.79 Å². The van der Waals surface area contributed by atoms with Crippen LogP contribution in [0.4, 0.5) is 0 Å². The zero-order chi connectivity index (χ0) is 21.2. The predicted molar refractivity (Wildman–Crippen MR) is 113 cm³/mol. The highest BCUT2D eigenvalue weighted by molar-refractivity contribution is 6.30. The van der Waals surface area contributed by atoms with Gasteiger partial charge in [0.05, 0.1) is 0 Å². The van der Waals surface area contributed by atoms with E-state index in [1.54, 1.807) is 40.1 Å². The first-order valence-corrected chi connectivity index (χ1v) is 10.4. The van der Waals surface area contributed by atoms with Crippen molar-refractivity contribution in [2.24, 2.45) is 0 Å². The summed E-state index contributed by atoms with van der Waals surface area (Å²) in [6.45, 7) is 0.990. The van der Waals surface area contributed by atoms with Crippen molar-refractivity contribution in [3.05, 3.63) is 94.0 Å². The Kier molecular flexibility index (Phi) is 3.83. The first kappa shape index (κ1) is 18.3. The van der Waals surface area contributed by atoms with E-state index in [1.807, 2.05) is 36.4 Å². The summed E-state index contributed by atoms with van der Waals surface area (Å²) in [6.07, 6.45) is 0. The second-order valence-electron chi connectivity index (χ2n) is 7.71. The Morgan fingerprint density at radius 2 is 1.71 bits per heavy atom. The first-order valence-electron chi connectivity index (χ1n) is 10.00. The van der Waals surface area contributed by atoms with Crippen LogP contribution in [0.25, 0.3) is 0 Å². The molecule has 3 aliphatic rings. The quantitative estimate of drug-likeness (QED) is 0.616. The SMILES string of the molecule is O=C(c1ccc2c(c1)OCO2)N1CCN2C(=O)c3ccccc3C12c1ccc(Cl)cc1. The van der Waals surface area contributed by atoms with Crippen molar-refractivity contribution in [1.82, 2.24) is 9.80 Å². The van der Waals surface area contributed by atoms with Crippen molar-refractivity contribution < 1.29 is 19.1 Å². The largest absolute Gasteiger partial charge is 0.454 e. The van der Waals surface area contributed by atoms with Crippen molar-refractivity contribution >= 4 is 23.4 Å². The van der Waals surface area contributed by atoms with Gasteiger partial charge in [0.15, 0.2) is 17.2 Å². The summed E-state index contributed by atoms with van der Waals surface area (Å²) in [7, 11) is 0. The van der Waals surface area contributed by atoms with Crippen LogP contribution >= 0.6 is 11.6 Å². The van der Waals surface area contributed by atoms with Gasteiger partial charge in [-0.2, -0.15) is 0 Å². The van der Waals surface area contributed by atoms with Gasteiger partial charge in [-0.25, -0.2) is 0 Å². The maximum Gasteiger partial charge on any atom is 0.256 e. The molecular weight excluding hydrogens is 416 g/mol. The Bertz CT molecular complexity index is 1240. The number of amides is 2. The number of ether oxygens (including phenoxy) is 2. The maximum absolute atomic E-state index is 13.8. The summed E-state index contributed by atoms with van der Waals surface area (Å²) in [5.41, 5.74) is 1.69. The number of nitrogens with zero attached hydrogens (tertiary/aromatic N) is 2. The highest BCUT2D eigenvalue weighted by Gasteiger charge is 2.59. The van der Waals surface area contributed by atoms with Crippen LogP contribution in [0.5, 0.6) is 11.5 Å². The van der Waals surface area contributed by atoms with Crippen molar-refractivity contribution in [3.8, 4) is 11.5 Å². The zero-order valence-electron chi connectivity index (χ0n) is 16.4. The van der Waals surface area contributed by atoms with Crippen LogP contribution in [-0.2, 0) is 5.66 Å². The average molecular weight is 433 g/mol. The summed E-state index contributed by atoms with van der Waals surface area (Å²) >= 11 is 6.15. The van der Waals surface area contributed by atoms with Gasteiger partial charge in [-0.3, -0.25) is 9.59 Å². The van der Waals surface area contributed by atoms with E-state index in [4.69, 9.17) is 21.1 Å². The second-order valence-corrected chi connectivity index (χ2v) is 8.14. The second kappa shape index (κ2) is 6.49. The normalized spacial score (nSPS) is 20.7. The van der Waals surface area contributed by atoms with Crippen LogP contribution in [0.3, 0.4) is 0 Å². The molecule has 3 aliphatic heterocycles. The van der Waals surface area contributed by atoms with Gasteiger partial charge in [0, 0.05) is 40.4 Å². The molecule has 1 unspecified atom stereocenters. The van der Waals surface area contributed by atoms with Crippen LogP contribution in [0.2, 0.25) is 5.02 Å². The molecule has 7 heteroatoms. The minimum Gasteiger partial charge on any atom is -0.454 e. The smallest absolute Gasteiger partial charge is 0.256 e. The Labute approximate surface area is 183 Å². The molecule has 3 heterocycles. The number of carbonyl (C=O) groups is 2. The monoisotopic (exact) mass is 432 g/mol. The highest BCUT2D eigenvalue weighted by atomic mass is 35.5. The van der Waals surface area contributed by atoms with E-state index >= 15 is 0 Å². The molecule has 0 bridgehead atoms. The molecule has 2 amide bonds. The fraction of sp³-hybridized carbons (Fsp3) is 0.167. The summed E-state index contributed by atoms with van der Waals surface area (Å²) in [5, 5.41) is 0.593. The Balaban J connectivity index is 1.55. The van der Waals surface area contributed by atoms with Crippen LogP contribution in [0.1, 0.15) is 31.8 Å². The van der Waals surface area contributed by atoms with E-state index in [2.05, 4.69) is 0 Å². The summed E-state index contributed by atoms with van der Waals surface area (Å²) < 4.78 is 10.8. The van der Waals surface area contributed by atoms with Gasteiger partial charge >= 0.3 is 0 Å². The molecule has 1 saturated heterocycles. The minimum absolute atomic E-state index is 0.0773. The zero-order valence-corrected chi connectivity index (χ0v) is 17.1. The maximum atomic E-state index is 13.8. The van der Waals surface area contributed by atoms with Gasteiger partial charge in [-0.1, -0.05) is 41.9 Å². The number of fused-ring (bicyclic) bond motifs is 4. The van der Waals surface area contributed by atoms with E-state index in [0.29, 0.717) is 40.7 Å². The predicted octanol–water partition coefficient (Wildman–Crippen LogP) is 3.88. The minimum atomic E-state index is -1.02. The molecular formula is C24H17ClN2O4. The molecule has 0 spiro atoms. The van der Waals surface area contributed by atoms with Gasteiger partial charge < -0.3 is 19.3 Å². The highest BCUT2D eigenvalue weighted by Crippen LogP contribution is 2.50. The van der Waals surface area contributed by atoms with E-state index in [-0.39, 0.29) is 18.6 Å².